The molecule has 0 amide bonds. The first-order chi connectivity index (χ1) is 13.1. The minimum atomic E-state index is 0.115. The van der Waals surface area contributed by atoms with Gasteiger partial charge in [0.15, 0.2) is 11.0 Å². The number of fused-ring (bicyclic) bond motifs is 3. The van der Waals surface area contributed by atoms with E-state index in [1.807, 2.05) is 55.4 Å². The average Bonchev–Trinajstić information content (AvgIpc) is 3.27. The summed E-state index contributed by atoms with van der Waals surface area (Å²) in [5.41, 5.74) is 5.02. The van der Waals surface area contributed by atoms with Gasteiger partial charge in [-0.1, -0.05) is 36.0 Å². The molecule has 27 heavy (non-hydrogen) atoms. The molecule has 3 heterocycles. The van der Waals surface area contributed by atoms with Crippen LogP contribution in [0.25, 0.3) is 0 Å². The second kappa shape index (κ2) is 7.19. The molecule has 1 unspecified atom stereocenters. The molecule has 4 rings (SSSR count). The summed E-state index contributed by atoms with van der Waals surface area (Å²) < 4.78 is 2.11. The number of hydrogen-bond acceptors (Lipinski definition) is 5. The molecule has 0 fully saturated rings. The van der Waals surface area contributed by atoms with Gasteiger partial charge in [-0.15, -0.1) is 6.58 Å². The largest absolute Gasteiger partial charge is 0.345 e. The van der Waals surface area contributed by atoms with Crippen molar-refractivity contribution in [1.29, 1.82) is 0 Å². The smallest absolute Gasteiger partial charge is 0.186 e. The summed E-state index contributed by atoms with van der Waals surface area (Å²) in [6, 6.07) is 10.3. The van der Waals surface area contributed by atoms with Gasteiger partial charge >= 0.3 is 0 Å². The normalized spacial score (nSPS) is 17.5. The molecular weight excluding hydrogens is 356 g/mol. The lowest BCUT2D eigenvalue weighted by Gasteiger charge is -2.29. The van der Waals surface area contributed by atoms with Crippen molar-refractivity contribution in [2.75, 3.05) is 5.75 Å². The molecule has 1 aromatic heterocycles. The predicted octanol–water partition coefficient (Wildman–Crippen LogP) is 4.64. The zero-order valence-corrected chi connectivity index (χ0v) is 16.4. The van der Waals surface area contributed by atoms with E-state index in [1.165, 1.54) is 17.3 Å². The van der Waals surface area contributed by atoms with Crippen molar-refractivity contribution in [3.8, 4) is 0 Å². The fourth-order valence-corrected chi connectivity index (χ4v) is 4.57. The first-order valence-electron chi connectivity index (χ1n) is 9.03. The van der Waals surface area contributed by atoms with E-state index in [9.17, 15) is 4.79 Å². The van der Waals surface area contributed by atoms with Gasteiger partial charge in [0.2, 0.25) is 0 Å². The number of benzene rings is 1. The number of nitrogens with zero attached hydrogens (tertiary/aromatic N) is 4. The number of carbonyl (C=O) groups is 1. The van der Waals surface area contributed by atoms with Gasteiger partial charge in [0, 0.05) is 41.7 Å². The highest BCUT2D eigenvalue weighted by Crippen LogP contribution is 2.40. The fourth-order valence-electron chi connectivity index (χ4n) is 3.68. The third kappa shape index (κ3) is 3.14. The zero-order chi connectivity index (χ0) is 19.0. The lowest BCUT2D eigenvalue weighted by molar-refractivity contribution is 0.102. The third-order valence-electron chi connectivity index (χ3n) is 5.06. The maximum atomic E-state index is 12.8. The van der Waals surface area contributed by atoms with Crippen molar-refractivity contribution in [2.45, 2.75) is 32.9 Å². The van der Waals surface area contributed by atoms with Gasteiger partial charge in [0.1, 0.15) is 0 Å². The van der Waals surface area contributed by atoms with Crippen LogP contribution >= 0.6 is 11.8 Å². The molecule has 138 valence electrons. The van der Waals surface area contributed by atoms with E-state index >= 15 is 0 Å². The van der Waals surface area contributed by atoms with Crippen LogP contribution in [0.5, 0.6) is 0 Å². The fraction of sp³-hybridized carbons (Fsp3) is 0.286. The van der Waals surface area contributed by atoms with Crippen LogP contribution in [0.15, 0.2) is 53.1 Å². The third-order valence-corrected chi connectivity index (χ3v) is 6.00. The highest BCUT2D eigenvalue weighted by Gasteiger charge is 2.32. The van der Waals surface area contributed by atoms with Crippen molar-refractivity contribution < 1.29 is 4.79 Å². The molecule has 2 aliphatic rings. The minimum Gasteiger partial charge on any atom is -0.345 e. The topological polar surface area (TPSA) is 50.0 Å². The van der Waals surface area contributed by atoms with E-state index in [2.05, 4.69) is 22.3 Å². The van der Waals surface area contributed by atoms with Crippen LogP contribution in [-0.2, 0) is 6.54 Å². The number of amidine groups is 1. The summed E-state index contributed by atoms with van der Waals surface area (Å²) >= 11 is 1.46. The number of rotatable bonds is 5. The Kier molecular flexibility index (Phi) is 4.74. The van der Waals surface area contributed by atoms with Gasteiger partial charge in [-0.05, 0) is 26.0 Å². The Bertz CT molecular complexity index is 973. The summed E-state index contributed by atoms with van der Waals surface area (Å²) in [6.07, 6.45) is 4.64. The maximum absolute atomic E-state index is 12.8. The Morgan fingerprint density at radius 1 is 1.37 bits per heavy atom. The van der Waals surface area contributed by atoms with Crippen LogP contribution in [0.4, 0.5) is 5.69 Å². The summed E-state index contributed by atoms with van der Waals surface area (Å²) in [6.45, 7) is 8.52. The van der Waals surface area contributed by atoms with E-state index in [-0.39, 0.29) is 11.8 Å². The Morgan fingerprint density at radius 3 is 3.00 bits per heavy atom. The number of aromatic nitrogens is 1. The Balaban J connectivity index is 1.54. The quantitative estimate of drug-likeness (QED) is 0.562. The van der Waals surface area contributed by atoms with Crippen LogP contribution in [0.2, 0.25) is 0 Å². The van der Waals surface area contributed by atoms with Crippen molar-refractivity contribution in [3.05, 3.63) is 65.5 Å². The van der Waals surface area contributed by atoms with Gasteiger partial charge < -0.3 is 4.57 Å². The number of thioether (sulfide) groups is 1. The van der Waals surface area contributed by atoms with Crippen molar-refractivity contribution in [3.63, 3.8) is 0 Å². The number of hydrogen-bond donors (Lipinski definition) is 0. The van der Waals surface area contributed by atoms with Gasteiger partial charge in [0.25, 0.3) is 0 Å². The van der Waals surface area contributed by atoms with E-state index in [0.29, 0.717) is 12.3 Å². The summed E-state index contributed by atoms with van der Waals surface area (Å²) in [4.78, 5) is 17.6. The van der Waals surface area contributed by atoms with Gasteiger partial charge in [-0.3, -0.25) is 4.79 Å². The predicted molar refractivity (Wildman–Crippen MR) is 112 cm³/mol. The molecule has 1 atom stereocenters. The molecule has 0 saturated carbocycles. The maximum Gasteiger partial charge on any atom is 0.186 e. The molecule has 0 bridgehead atoms. The molecule has 0 radical (unpaired) electrons. The molecule has 0 saturated heterocycles. The molecule has 2 aromatic rings. The Morgan fingerprint density at radius 2 is 2.19 bits per heavy atom. The molecule has 0 spiro atoms. The number of aliphatic imine (C=N–C) groups is 1. The van der Waals surface area contributed by atoms with Crippen LogP contribution in [-0.4, -0.2) is 32.5 Å². The standard InChI is InChI=1S/C21H22N4OS/c1-4-11-24-14(2)12-17(15(24)3)20(26)13-27-21-23-18-8-6-5-7-16(18)19-9-10-22-25(19)21/h4-8,10,12,19H,1,9,11,13H2,2-3H3. The van der Waals surface area contributed by atoms with E-state index in [0.717, 1.165) is 34.2 Å². The van der Waals surface area contributed by atoms with E-state index < -0.39 is 0 Å². The zero-order valence-electron chi connectivity index (χ0n) is 15.6. The van der Waals surface area contributed by atoms with Crippen molar-refractivity contribution in [2.24, 2.45) is 10.1 Å². The number of ketones is 1. The van der Waals surface area contributed by atoms with Gasteiger partial charge in [-0.2, -0.15) is 5.10 Å². The number of carbonyl (C=O) groups excluding carboxylic acids is 1. The molecule has 2 aliphatic heterocycles. The summed E-state index contributed by atoms with van der Waals surface area (Å²) in [7, 11) is 0. The SMILES string of the molecule is C=CCn1c(C)cc(C(=O)CSC2=Nc3ccccc3C3CC=NN23)c1C. The highest BCUT2D eigenvalue weighted by atomic mass is 32.2. The van der Waals surface area contributed by atoms with Crippen LogP contribution in [0.3, 0.4) is 0 Å². The number of Topliss-reactive ketones (excluding diaryl/α,β-unsaturated/α-hetero) is 1. The highest BCUT2D eigenvalue weighted by molar-refractivity contribution is 8.14. The Labute approximate surface area is 163 Å². The van der Waals surface area contributed by atoms with Crippen LogP contribution < -0.4 is 0 Å². The first kappa shape index (κ1) is 17.8. The van der Waals surface area contributed by atoms with Crippen molar-refractivity contribution >= 4 is 34.6 Å². The van der Waals surface area contributed by atoms with Crippen LogP contribution in [0.1, 0.15) is 39.8 Å². The number of para-hydroxylation sites is 1. The number of aryl methyl sites for hydroxylation is 1. The number of hydrazone groups is 1. The second-order valence-corrected chi connectivity index (χ2v) is 7.69. The monoisotopic (exact) mass is 378 g/mol. The Hall–Kier alpha value is -2.60. The van der Waals surface area contributed by atoms with Gasteiger partial charge in [-0.25, -0.2) is 10.0 Å². The summed E-state index contributed by atoms with van der Waals surface area (Å²) in [5, 5.41) is 7.22. The molecular formula is C21H22N4OS. The number of allylic oxidation sites excluding steroid dienone is 1. The molecule has 0 aliphatic carbocycles. The lowest BCUT2D eigenvalue weighted by Crippen LogP contribution is -2.28. The lowest BCUT2D eigenvalue weighted by atomic mass is 10.0. The second-order valence-electron chi connectivity index (χ2n) is 6.74. The molecule has 6 heteroatoms. The average molecular weight is 379 g/mol. The van der Waals surface area contributed by atoms with Gasteiger partial charge in [0.05, 0.1) is 17.5 Å². The first-order valence-corrected chi connectivity index (χ1v) is 10.0. The van der Waals surface area contributed by atoms with E-state index in [1.54, 1.807) is 0 Å². The molecule has 0 N–H and O–H groups in total. The summed E-state index contributed by atoms with van der Waals surface area (Å²) in [5.74, 6) is 0.461. The molecule has 1 aromatic carbocycles. The van der Waals surface area contributed by atoms with Crippen molar-refractivity contribution in [1.82, 2.24) is 9.58 Å². The van der Waals surface area contributed by atoms with Crippen LogP contribution in [0, 0.1) is 13.8 Å². The molecule has 5 nitrogen and oxygen atoms in total. The minimum absolute atomic E-state index is 0.115. The van der Waals surface area contributed by atoms with E-state index in [4.69, 9.17) is 4.99 Å².